The zero-order chi connectivity index (χ0) is 36.3. The van der Waals surface area contributed by atoms with Crippen molar-refractivity contribution < 1.29 is 23.2 Å². The summed E-state index contributed by atoms with van der Waals surface area (Å²) in [5, 5.41) is 16.8. The molecule has 10 nitrogen and oxygen atoms in total. The van der Waals surface area contributed by atoms with Crippen LogP contribution in [0.15, 0.2) is 72.0 Å². The topological polar surface area (TPSA) is 141 Å². The molecule has 2 saturated carbocycles. The molecule has 0 radical (unpaired) electrons. The Balaban J connectivity index is 0.000000186. The minimum atomic E-state index is -0.222. The fraction of sp³-hybridized carbons (Fsp3) is 0.410. The quantitative estimate of drug-likeness (QED) is 0.152. The summed E-state index contributed by atoms with van der Waals surface area (Å²) in [6.45, 7) is 4.27. The number of nitrogens with zero attached hydrogens (tertiary/aromatic N) is 7. The minimum Gasteiger partial charge on any atom is -0.293 e. The van der Waals surface area contributed by atoms with Gasteiger partial charge in [-0.3, -0.25) is 19.8 Å². The number of hydrogen-bond acceptors (Lipinski definition) is 10. The Kier molecular flexibility index (Phi) is 12.4. The van der Waals surface area contributed by atoms with E-state index in [2.05, 4.69) is 48.4 Å². The fourth-order valence-corrected chi connectivity index (χ4v) is 6.90. The maximum Gasteiger partial charge on any atom is 0.373 e. The first-order valence-electron chi connectivity index (χ1n) is 17.3. The van der Waals surface area contributed by atoms with Gasteiger partial charge in [-0.1, -0.05) is 19.8 Å². The number of hydrogen-bond donors (Lipinski definition) is 0. The van der Waals surface area contributed by atoms with E-state index < -0.39 is 0 Å². The van der Waals surface area contributed by atoms with Gasteiger partial charge in [-0.2, -0.15) is 24.9 Å². The summed E-state index contributed by atoms with van der Waals surface area (Å²) in [7, 11) is 0. The van der Waals surface area contributed by atoms with Gasteiger partial charge >= 0.3 is 6.15 Å². The highest BCUT2D eigenvalue weighted by Crippen LogP contribution is 2.48. The summed E-state index contributed by atoms with van der Waals surface area (Å²) in [6.07, 6.45) is 16.0. The molecule has 5 heterocycles. The zero-order valence-corrected chi connectivity index (χ0v) is 28.9. The van der Waals surface area contributed by atoms with Gasteiger partial charge in [0.1, 0.15) is 17.3 Å². The lowest BCUT2D eigenvalue weighted by Gasteiger charge is -2.41. The van der Waals surface area contributed by atoms with Crippen LogP contribution in [0.2, 0.25) is 0 Å². The van der Waals surface area contributed by atoms with Crippen LogP contribution in [-0.4, -0.2) is 54.6 Å². The van der Waals surface area contributed by atoms with Crippen LogP contribution in [0.4, 0.5) is 8.78 Å². The van der Waals surface area contributed by atoms with Crippen LogP contribution in [0.5, 0.6) is 0 Å². The van der Waals surface area contributed by atoms with E-state index in [0.717, 1.165) is 92.6 Å². The van der Waals surface area contributed by atoms with E-state index in [0.29, 0.717) is 30.0 Å². The van der Waals surface area contributed by atoms with Gasteiger partial charge in [0.25, 0.3) is 0 Å². The second kappa shape index (κ2) is 17.1. The molecule has 2 aliphatic carbocycles. The van der Waals surface area contributed by atoms with Crippen molar-refractivity contribution in [3.8, 4) is 0 Å². The molecule has 0 aromatic carbocycles. The summed E-state index contributed by atoms with van der Waals surface area (Å²) in [5.74, 6) is -0.501. The van der Waals surface area contributed by atoms with Crippen molar-refractivity contribution in [2.24, 2.45) is 4.99 Å². The van der Waals surface area contributed by atoms with Crippen LogP contribution in [0.25, 0.3) is 5.57 Å². The van der Waals surface area contributed by atoms with Gasteiger partial charge < -0.3 is 0 Å². The molecule has 7 rings (SSSR count). The van der Waals surface area contributed by atoms with Gasteiger partial charge in [-0.05, 0) is 112 Å². The maximum absolute atomic E-state index is 14.2. The van der Waals surface area contributed by atoms with Crippen LogP contribution in [0, 0.1) is 11.6 Å². The first-order chi connectivity index (χ1) is 24.7. The predicted molar refractivity (Wildman–Crippen MR) is 186 cm³/mol. The number of rotatable bonds is 11. The Labute approximate surface area is 296 Å². The van der Waals surface area contributed by atoms with Crippen LogP contribution < -0.4 is 0 Å². The molecule has 0 amide bonds. The SMILES string of the molecule is CC(=O)c1ccc(CCC2(c3ncccc3F)CCC2)nn1.CCC1=NCC(c2ccc(CCC3(c4ncccc4F)CCC3)nn2)=C1.O=C=O. The highest BCUT2D eigenvalue weighted by atomic mass is 19.1. The third-order valence-electron chi connectivity index (χ3n) is 10.1. The van der Waals surface area contributed by atoms with E-state index in [9.17, 15) is 13.6 Å². The molecule has 4 aromatic heterocycles. The normalized spacial score (nSPS) is 16.4. The van der Waals surface area contributed by atoms with Crippen LogP contribution in [0.3, 0.4) is 0 Å². The van der Waals surface area contributed by atoms with Crippen molar-refractivity contribution in [3.63, 3.8) is 0 Å². The van der Waals surface area contributed by atoms with E-state index in [1.54, 1.807) is 30.6 Å². The number of pyridine rings is 2. The van der Waals surface area contributed by atoms with E-state index in [1.165, 1.54) is 19.1 Å². The number of Topliss-reactive ketones (excluding diaryl/α,β-unsaturated/α-hetero) is 1. The number of aryl methyl sites for hydroxylation is 2. The highest BCUT2D eigenvalue weighted by molar-refractivity contribution is 6.04. The molecule has 1 aliphatic heterocycles. The molecule has 0 bridgehead atoms. The van der Waals surface area contributed by atoms with E-state index in [4.69, 9.17) is 9.59 Å². The summed E-state index contributed by atoms with van der Waals surface area (Å²) >= 11 is 0. The zero-order valence-electron chi connectivity index (χ0n) is 28.9. The standard InChI is InChI=1S/C21H23FN4.C17H18FN3O.CO2/c1-2-16-13-15(14-24-16)19-7-6-17(25-26-19)8-11-21(9-4-10-21)20-18(22)5-3-12-23-20;1-12(22)15-6-5-13(20-21-15)7-10-17(8-3-9-17)16-14(18)4-2-11-19-16;2-1-3/h3,5-7,12-13H,2,4,8-11,14H2,1H3;2,4-6,11H,3,7-10H2,1H3;. The molecular formula is C39H41F2N7O3. The summed E-state index contributed by atoms with van der Waals surface area (Å²) in [6, 6.07) is 13.8. The lowest BCUT2D eigenvalue weighted by atomic mass is 9.63. The van der Waals surface area contributed by atoms with Crippen molar-refractivity contribution in [2.75, 3.05) is 6.54 Å². The predicted octanol–water partition coefficient (Wildman–Crippen LogP) is 7.00. The molecule has 12 heteroatoms. The van der Waals surface area contributed by atoms with Gasteiger partial charge in [-0.25, -0.2) is 8.78 Å². The first-order valence-corrected chi connectivity index (χ1v) is 17.3. The molecule has 264 valence electrons. The molecule has 3 aliphatic rings. The van der Waals surface area contributed by atoms with Crippen molar-refractivity contribution >= 4 is 23.2 Å². The van der Waals surface area contributed by atoms with E-state index in [-0.39, 0.29) is 34.4 Å². The molecule has 0 saturated heterocycles. The van der Waals surface area contributed by atoms with Crippen molar-refractivity contribution in [1.29, 1.82) is 0 Å². The third-order valence-corrected chi connectivity index (χ3v) is 10.1. The van der Waals surface area contributed by atoms with E-state index >= 15 is 0 Å². The molecular weight excluding hydrogens is 652 g/mol. The van der Waals surface area contributed by atoms with E-state index in [1.807, 2.05) is 18.2 Å². The Morgan fingerprint density at radius 3 is 1.67 bits per heavy atom. The summed E-state index contributed by atoms with van der Waals surface area (Å²) < 4.78 is 28.3. The maximum atomic E-state index is 14.2. The van der Waals surface area contributed by atoms with Gasteiger partial charge in [0, 0.05) is 41.4 Å². The summed E-state index contributed by atoms with van der Waals surface area (Å²) in [5.41, 5.74) is 6.19. The van der Waals surface area contributed by atoms with Crippen molar-refractivity contribution in [2.45, 2.75) is 95.3 Å². The van der Waals surface area contributed by atoms with Crippen LogP contribution in [-0.2, 0) is 33.3 Å². The molecule has 51 heavy (non-hydrogen) atoms. The number of carbonyl (C=O) groups excluding carboxylic acids is 3. The smallest absolute Gasteiger partial charge is 0.293 e. The first kappa shape index (κ1) is 37.0. The number of halogens is 2. The van der Waals surface area contributed by atoms with Gasteiger partial charge in [0.05, 0.1) is 35.0 Å². The van der Waals surface area contributed by atoms with Gasteiger partial charge in [-0.15, -0.1) is 5.10 Å². The number of aliphatic imine (C=N–C) groups is 1. The van der Waals surface area contributed by atoms with Crippen LogP contribution >= 0.6 is 0 Å². The lowest BCUT2D eigenvalue weighted by molar-refractivity contribution is -0.191. The highest BCUT2D eigenvalue weighted by Gasteiger charge is 2.42. The average molecular weight is 694 g/mol. The molecule has 0 N–H and O–H groups in total. The van der Waals surface area contributed by atoms with Crippen molar-refractivity contribution in [1.82, 2.24) is 30.4 Å². The third kappa shape index (κ3) is 8.93. The number of aromatic nitrogens is 6. The average Bonchev–Trinajstić information content (AvgIpc) is 3.60. The Morgan fingerprint density at radius 2 is 1.29 bits per heavy atom. The van der Waals surface area contributed by atoms with Gasteiger partial charge in [0.2, 0.25) is 0 Å². The second-order valence-corrected chi connectivity index (χ2v) is 13.2. The minimum absolute atomic E-state index is 0.0925. The Hall–Kier alpha value is -5.22. The largest absolute Gasteiger partial charge is 0.373 e. The number of carbonyl (C=O) groups is 1. The molecule has 0 atom stereocenters. The van der Waals surface area contributed by atoms with Gasteiger partial charge in [0.15, 0.2) is 5.78 Å². The Bertz CT molecular complexity index is 1900. The molecule has 0 spiro atoms. The molecule has 4 aromatic rings. The second-order valence-electron chi connectivity index (χ2n) is 13.2. The molecule has 0 unspecified atom stereocenters. The van der Waals surface area contributed by atoms with Crippen LogP contribution in [0.1, 0.15) is 111 Å². The lowest BCUT2D eigenvalue weighted by Crippen LogP contribution is -2.36. The monoisotopic (exact) mass is 693 g/mol. The summed E-state index contributed by atoms with van der Waals surface area (Å²) in [4.78, 5) is 40.5. The fourth-order valence-electron chi connectivity index (χ4n) is 6.90. The molecule has 2 fully saturated rings. The number of allylic oxidation sites excluding steroid dienone is 1. The van der Waals surface area contributed by atoms with Crippen molar-refractivity contribution in [3.05, 3.63) is 113 Å². The Morgan fingerprint density at radius 1 is 0.765 bits per heavy atom. The number of ketones is 1.